The molecule has 2 aromatic rings. The normalized spacial score (nSPS) is 11.2. The Balaban J connectivity index is 2.25. The molecule has 0 aliphatic carbocycles. The summed E-state index contributed by atoms with van der Waals surface area (Å²) in [7, 11) is 1.79. The van der Waals surface area contributed by atoms with Crippen LogP contribution in [0.4, 0.5) is 4.39 Å². The number of hydrogen-bond donors (Lipinski definition) is 1. The summed E-state index contributed by atoms with van der Waals surface area (Å²) in [5, 5.41) is 7.97. The van der Waals surface area contributed by atoms with Gasteiger partial charge in [-0.1, -0.05) is 26.0 Å². The summed E-state index contributed by atoms with van der Waals surface area (Å²) in [5.41, 5.74) is 0.932. The Kier molecular flexibility index (Phi) is 4.55. The standard InChI is InChI=1S/C13H17FN4S/c1-9(2)15-7-10-5-4-6-11(14)12(10)19-13-16-8-17-18(13)3/h4-6,8-9,15H,7H2,1-3H3. The van der Waals surface area contributed by atoms with Gasteiger partial charge in [0.15, 0.2) is 5.16 Å². The molecule has 0 saturated heterocycles. The van der Waals surface area contributed by atoms with Crippen LogP contribution in [-0.2, 0) is 13.6 Å². The zero-order chi connectivity index (χ0) is 13.8. The molecule has 2 rings (SSSR count). The van der Waals surface area contributed by atoms with Crippen molar-refractivity contribution in [2.75, 3.05) is 0 Å². The first-order valence-electron chi connectivity index (χ1n) is 6.10. The summed E-state index contributed by atoms with van der Waals surface area (Å²) < 4.78 is 15.6. The predicted molar refractivity (Wildman–Crippen MR) is 73.5 cm³/mol. The van der Waals surface area contributed by atoms with E-state index in [4.69, 9.17) is 0 Å². The van der Waals surface area contributed by atoms with Gasteiger partial charge in [0.1, 0.15) is 12.1 Å². The molecular formula is C13H17FN4S. The SMILES string of the molecule is CC(C)NCc1cccc(F)c1Sc1ncnn1C. The fourth-order valence-corrected chi connectivity index (χ4v) is 2.49. The van der Waals surface area contributed by atoms with Gasteiger partial charge in [-0.05, 0) is 23.4 Å². The van der Waals surface area contributed by atoms with Gasteiger partial charge in [0, 0.05) is 19.6 Å². The molecule has 1 N–H and O–H groups in total. The lowest BCUT2D eigenvalue weighted by Gasteiger charge is -2.12. The Morgan fingerprint density at radius 1 is 1.42 bits per heavy atom. The summed E-state index contributed by atoms with van der Waals surface area (Å²) in [6.07, 6.45) is 1.47. The first kappa shape index (κ1) is 14.0. The molecule has 0 bridgehead atoms. The number of aryl methyl sites for hydroxylation is 1. The Labute approximate surface area is 116 Å². The number of nitrogens with one attached hydrogen (secondary N) is 1. The maximum atomic E-state index is 14.0. The third kappa shape index (κ3) is 3.54. The van der Waals surface area contributed by atoms with Gasteiger partial charge >= 0.3 is 0 Å². The quantitative estimate of drug-likeness (QED) is 0.914. The molecule has 0 saturated carbocycles. The van der Waals surface area contributed by atoms with Crippen LogP contribution >= 0.6 is 11.8 Å². The average Bonchev–Trinajstić information content (AvgIpc) is 2.76. The van der Waals surface area contributed by atoms with E-state index in [1.54, 1.807) is 17.8 Å². The van der Waals surface area contributed by atoms with E-state index in [0.717, 1.165) is 5.56 Å². The van der Waals surface area contributed by atoms with Gasteiger partial charge in [-0.15, -0.1) is 0 Å². The summed E-state index contributed by atoms with van der Waals surface area (Å²) in [6, 6.07) is 5.48. The van der Waals surface area contributed by atoms with Gasteiger partial charge in [0.2, 0.25) is 0 Å². The van der Waals surface area contributed by atoms with Crippen LogP contribution in [0.25, 0.3) is 0 Å². The van der Waals surface area contributed by atoms with Crippen molar-refractivity contribution in [3.63, 3.8) is 0 Å². The van der Waals surface area contributed by atoms with E-state index >= 15 is 0 Å². The molecule has 0 atom stereocenters. The smallest absolute Gasteiger partial charge is 0.190 e. The molecule has 6 heteroatoms. The van der Waals surface area contributed by atoms with Crippen molar-refractivity contribution in [1.82, 2.24) is 20.1 Å². The maximum Gasteiger partial charge on any atom is 0.190 e. The topological polar surface area (TPSA) is 42.7 Å². The highest BCUT2D eigenvalue weighted by molar-refractivity contribution is 7.99. The van der Waals surface area contributed by atoms with E-state index < -0.39 is 0 Å². The summed E-state index contributed by atoms with van der Waals surface area (Å²) >= 11 is 1.30. The van der Waals surface area contributed by atoms with Crippen molar-refractivity contribution < 1.29 is 4.39 Å². The van der Waals surface area contributed by atoms with Crippen LogP contribution in [0.15, 0.2) is 34.6 Å². The molecular weight excluding hydrogens is 263 g/mol. The van der Waals surface area contributed by atoms with Crippen LogP contribution in [-0.4, -0.2) is 20.8 Å². The molecule has 1 aromatic carbocycles. The number of halogens is 1. The highest BCUT2D eigenvalue weighted by Crippen LogP contribution is 2.31. The van der Waals surface area contributed by atoms with Crippen molar-refractivity contribution in [1.29, 1.82) is 0 Å². The lowest BCUT2D eigenvalue weighted by molar-refractivity contribution is 0.564. The van der Waals surface area contributed by atoms with Crippen LogP contribution in [0.2, 0.25) is 0 Å². The van der Waals surface area contributed by atoms with Gasteiger partial charge in [-0.25, -0.2) is 14.1 Å². The van der Waals surface area contributed by atoms with E-state index in [0.29, 0.717) is 22.6 Å². The summed E-state index contributed by atoms with van der Waals surface area (Å²) in [6.45, 7) is 4.76. The molecule has 0 radical (unpaired) electrons. The second kappa shape index (κ2) is 6.16. The number of benzene rings is 1. The first-order chi connectivity index (χ1) is 9.08. The van der Waals surface area contributed by atoms with Gasteiger partial charge in [0.05, 0.1) is 4.90 Å². The minimum Gasteiger partial charge on any atom is -0.310 e. The van der Waals surface area contributed by atoms with Crippen molar-refractivity contribution in [2.45, 2.75) is 36.5 Å². The van der Waals surface area contributed by atoms with Gasteiger partial charge in [-0.3, -0.25) is 0 Å². The predicted octanol–water partition coefficient (Wildman–Crippen LogP) is 2.60. The first-order valence-corrected chi connectivity index (χ1v) is 6.92. The Morgan fingerprint density at radius 3 is 2.84 bits per heavy atom. The van der Waals surface area contributed by atoms with E-state index in [1.807, 2.05) is 6.07 Å². The van der Waals surface area contributed by atoms with E-state index in [2.05, 4.69) is 29.2 Å². The van der Waals surface area contributed by atoms with Crippen LogP contribution in [0.1, 0.15) is 19.4 Å². The number of hydrogen-bond acceptors (Lipinski definition) is 4. The van der Waals surface area contributed by atoms with Crippen molar-refractivity contribution in [3.8, 4) is 0 Å². The van der Waals surface area contributed by atoms with Crippen LogP contribution in [0, 0.1) is 5.82 Å². The Hall–Kier alpha value is -1.40. The van der Waals surface area contributed by atoms with Crippen LogP contribution < -0.4 is 5.32 Å². The summed E-state index contributed by atoms with van der Waals surface area (Å²) in [5.74, 6) is -0.226. The van der Waals surface area contributed by atoms with Crippen molar-refractivity contribution >= 4 is 11.8 Å². The minimum absolute atomic E-state index is 0.226. The molecule has 19 heavy (non-hydrogen) atoms. The molecule has 0 spiro atoms. The largest absolute Gasteiger partial charge is 0.310 e. The second-order valence-corrected chi connectivity index (χ2v) is 5.51. The van der Waals surface area contributed by atoms with Gasteiger partial charge in [0.25, 0.3) is 0 Å². The fourth-order valence-electron chi connectivity index (χ4n) is 1.59. The second-order valence-electron chi connectivity index (χ2n) is 4.53. The molecule has 0 amide bonds. The zero-order valence-corrected chi connectivity index (χ0v) is 12.0. The van der Waals surface area contributed by atoms with Gasteiger partial charge < -0.3 is 5.32 Å². The minimum atomic E-state index is -0.226. The fraction of sp³-hybridized carbons (Fsp3) is 0.385. The average molecular weight is 280 g/mol. The van der Waals surface area contributed by atoms with E-state index in [-0.39, 0.29) is 5.82 Å². The Bertz CT molecular complexity index is 553. The lowest BCUT2D eigenvalue weighted by atomic mass is 10.2. The highest BCUT2D eigenvalue weighted by Gasteiger charge is 2.13. The van der Waals surface area contributed by atoms with Crippen molar-refractivity contribution in [2.24, 2.45) is 7.05 Å². The molecule has 4 nitrogen and oxygen atoms in total. The van der Waals surface area contributed by atoms with Gasteiger partial charge in [-0.2, -0.15) is 5.10 Å². The molecule has 1 aromatic heterocycles. The Morgan fingerprint density at radius 2 is 2.21 bits per heavy atom. The molecule has 0 unspecified atom stereocenters. The lowest BCUT2D eigenvalue weighted by Crippen LogP contribution is -2.22. The monoisotopic (exact) mass is 280 g/mol. The van der Waals surface area contributed by atoms with E-state index in [9.17, 15) is 4.39 Å². The maximum absolute atomic E-state index is 14.0. The number of rotatable bonds is 5. The molecule has 0 aliphatic heterocycles. The molecule has 102 valence electrons. The van der Waals surface area contributed by atoms with Crippen LogP contribution in [0.3, 0.4) is 0 Å². The van der Waals surface area contributed by atoms with E-state index in [1.165, 1.54) is 24.2 Å². The zero-order valence-electron chi connectivity index (χ0n) is 11.2. The molecule has 0 fully saturated rings. The molecule has 0 aliphatic rings. The van der Waals surface area contributed by atoms with Crippen molar-refractivity contribution in [3.05, 3.63) is 35.9 Å². The number of aromatic nitrogens is 3. The highest BCUT2D eigenvalue weighted by atomic mass is 32.2. The number of nitrogens with zero attached hydrogens (tertiary/aromatic N) is 3. The third-order valence-corrected chi connectivity index (χ3v) is 3.83. The summed E-state index contributed by atoms with van der Waals surface area (Å²) in [4.78, 5) is 4.72. The van der Waals surface area contributed by atoms with Crippen LogP contribution in [0.5, 0.6) is 0 Å². The molecule has 1 heterocycles. The third-order valence-electron chi connectivity index (χ3n) is 2.61.